The van der Waals surface area contributed by atoms with Crippen LogP contribution in [0.5, 0.6) is 0 Å². The topological polar surface area (TPSA) is 42.1 Å². The molecule has 3 heterocycles. The van der Waals surface area contributed by atoms with E-state index in [0.717, 1.165) is 42.3 Å². The maximum absolute atomic E-state index is 5.96. The quantitative estimate of drug-likeness (QED) is 0.629. The van der Waals surface area contributed by atoms with Crippen molar-refractivity contribution in [1.82, 2.24) is 9.88 Å². The summed E-state index contributed by atoms with van der Waals surface area (Å²) in [6.07, 6.45) is 2.20. The van der Waals surface area contributed by atoms with Gasteiger partial charge in [0.05, 0.1) is 4.70 Å². The van der Waals surface area contributed by atoms with Crippen molar-refractivity contribution in [1.29, 1.82) is 0 Å². The second-order valence-electron chi connectivity index (χ2n) is 5.59. The first-order chi connectivity index (χ1) is 10.7. The first kappa shape index (κ1) is 19.8. The Balaban J connectivity index is 0.00000104. The molecule has 0 aliphatic carbocycles. The normalized spacial score (nSPS) is 14.5. The summed E-state index contributed by atoms with van der Waals surface area (Å²) in [5.41, 5.74) is 8.64. The van der Waals surface area contributed by atoms with Crippen LogP contribution in [0.4, 0.5) is 5.13 Å². The number of hydrogen-bond acceptors (Lipinski definition) is 5. The highest BCUT2D eigenvalue weighted by atomic mass is 35.5. The number of thiazole rings is 1. The van der Waals surface area contributed by atoms with Crippen LogP contribution >= 0.6 is 59.1 Å². The number of fused-ring (bicyclic) bond motifs is 3. The summed E-state index contributed by atoms with van der Waals surface area (Å²) >= 11 is 9.41. The van der Waals surface area contributed by atoms with E-state index in [4.69, 9.17) is 17.3 Å². The van der Waals surface area contributed by atoms with E-state index >= 15 is 0 Å². The average molecular weight is 423 g/mol. The molecule has 0 bridgehead atoms. The fraction of sp³-hybridized carbons (Fsp3) is 0.312. The fourth-order valence-electron chi connectivity index (χ4n) is 2.99. The standard InChI is InChI=1S/C16H16ClN3S2.2ClH/c17-11-3-1-10(2-4-11)9-20-7-5-12-13(6-8-20)21-15-14(12)22-16(18)19-15;;/h1-4H,5-9H2,(H2,18,19);2*1H. The molecule has 130 valence electrons. The van der Waals surface area contributed by atoms with E-state index in [9.17, 15) is 0 Å². The highest BCUT2D eigenvalue weighted by molar-refractivity contribution is 7.29. The Morgan fingerprint density at radius 2 is 1.79 bits per heavy atom. The number of rotatable bonds is 2. The summed E-state index contributed by atoms with van der Waals surface area (Å²) in [7, 11) is 0. The van der Waals surface area contributed by atoms with Gasteiger partial charge >= 0.3 is 0 Å². The molecule has 0 saturated heterocycles. The molecule has 1 aromatic carbocycles. The number of nitrogens with zero attached hydrogens (tertiary/aromatic N) is 2. The summed E-state index contributed by atoms with van der Waals surface area (Å²) in [6.45, 7) is 3.16. The van der Waals surface area contributed by atoms with E-state index in [-0.39, 0.29) is 24.8 Å². The third-order valence-electron chi connectivity index (χ3n) is 4.10. The van der Waals surface area contributed by atoms with Gasteiger partial charge in [0.1, 0.15) is 4.83 Å². The van der Waals surface area contributed by atoms with E-state index in [1.54, 1.807) is 11.3 Å². The van der Waals surface area contributed by atoms with Gasteiger partial charge < -0.3 is 5.73 Å². The molecule has 8 heteroatoms. The van der Waals surface area contributed by atoms with Crippen molar-refractivity contribution in [2.75, 3.05) is 18.8 Å². The number of anilines is 1. The highest BCUT2D eigenvalue weighted by Gasteiger charge is 2.20. The lowest BCUT2D eigenvalue weighted by molar-refractivity contribution is 0.279. The Hall–Kier alpha value is -0.560. The second-order valence-corrected chi connectivity index (χ2v) is 8.14. The smallest absolute Gasteiger partial charge is 0.181 e. The molecule has 3 aromatic rings. The van der Waals surface area contributed by atoms with Crippen LogP contribution in [0.25, 0.3) is 9.53 Å². The van der Waals surface area contributed by atoms with Crippen molar-refractivity contribution >= 4 is 73.8 Å². The Morgan fingerprint density at radius 1 is 1.08 bits per heavy atom. The van der Waals surface area contributed by atoms with E-state index in [0.29, 0.717) is 5.13 Å². The molecule has 0 saturated carbocycles. The van der Waals surface area contributed by atoms with Crippen LogP contribution in [0.2, 0.25) is 5.02 Å². The summed E-state index contributed by atoms with van der Waals surface area (Å²) in [5.74, 6) is 0. The van der Waals surface area contributed by atoms with Crippen LogP contribution in [0.1, 0.15) is 16.0 Å². The van der Waals surface area contributed by atoms with Crippen LogP contribution < -0.4 is 5.73 Å². The van der Waals surface area contributed by atoms with Crippen LogP contribution in [-0.2, 0) is 19.4 Å². The highest BCUT2D eigenvalue weighted by Crippen LogP contribution is 2.38. The lowest BCUT2D eigenvalue weighted by atomic mass is 10.2. The van der Waals surface area contributed by atoms with Crippen molar-refractivity contribution in [3.63, 3.8) is 0 Å². The first-order valence-electron chi connectivity index (χ1n) is 7.32. The zero-order valence-corrected chi connectivity index (χ0v) is 16.8. The van der Waals surface area contributed by atoms with Gasteiger partial charge in [-0.1, -0.05) is 35.1 Å². The van der Waals surface area contributed by atoms with Crippen molar-refractivity contribution in [3.05, 3.63) is 45.3 Å². The number of aromatic nitrogens is 1. The molecule has 4 rings (SSSR count). The predicted octanol–water partition coefficient (Wildman–Crippen LogP) is 5.04. The summed E-state index contributed by atoms with van der Waals surface area (Å²) in [6, 6.07) is 8.17. The maximum atomic E-state index is 5.96. The number of nitrogen functional groups attached to an aromatic ring is 1. The van der Waals surface area contributed by atoms with Crippen molar-refractivity contribution in [3.8, 4) is 0 Å². The summed E-state index contributed by atoms with van der Waals surface area (Å²) in [5, 5.41) is 1.48. The van der Waals surface area contributed by atoms with Crippen molar-refractivity contribution < 1.29 is 0 Å². The van der Waals surface area contributed by atoms with Gasteiger partial charge in [0.15, 0.2) is 5.13 Å². The maximum Gasteiger partial charge on any atom is 0.181 e. The molecule has 2 aromatic heterocycles. The second kappa shape index (κ2) is 8.21. The van der Waals surface area contributed by atoms with E-state index in [1.807, 2.05) is 23.5 Å². The summed E-state index contributed by atoms with van der Waals surface area (Å²) < 4.78 is 1.31. The molecule has 0 spiro atoms. The van der Waals surface area contributed by atoms with Gasteiger partial charge in [-0.2, -0.15) is 0 Å². The van der Waals surface area contributed by atoms with Gasteiger partial charge in [0.2, 0.25) is 0 Å². The molecule has 0 amide bonds. The molecule has 1 aliphatic rings. The predicted molar refractivity (Wildman–Crippen MR) is 111 cm³/mol. The van der Waals surface area contributed by atoms with Gasteiger partial charge in [-0.15, -0.1) is 36.2 Å². The monoisotopic (exact) mass is 421 g/mol. The molecule has 0 atom stereocenters. The number of nitrogens with two attached hydrogens (primary N) is 1. The number of hydrogen-bond donors (Lipinski definition) is 1. The minimum absolute atomic E-state index is 0. The molecule has 0 unspecified atom stereocenters. The van der Waals surface area contributed by atoms with Crippen LogP contribution in [-0.4, -0.2) is 23.0 Å². The minimum atomic E-state index is 0. The van der Waals surface area contributed by atoms with Gasteiger partial charge in [0, 0.05) is 29.5 Å². The Kier molecular flexibility index (Phi) is 6.76. The molecule has 2 N–H and O–H groups in total. The Labute approximate surface area is 166 Å². The number of thiophene rings is 1. The van der Waals surface area contributed by atoms with Gasteiger partial charge in [-0.3, -0.25) is 4.90 Å². The van der Waals surface area contributed by atoms with Crippen molar-refractivity contribution in [2.45, 2.75) is 19.4 Å². The van der Waals surface area contributed by atoms with Gasteiger partial charge in [-0.05, 0) is 36.1 Å². The average Bonchev–Trinajstić information content (AvgIpc) is 2.93. The minimum Gasteiger partial charge on any atom is -0.375 e. The molecular weight excluding hydrogens is 405 g/mol. The molecule has 0 radical (unpaired) electrons. The molecule has 3 nitrogen and oxygen atoms in total. The van der Waals surface area contributed by atoms with Crippen LogP contribution in [0.3, 0.4) is 0 Å². The summed E-state index contributed by atoms with van der Waals surface area (Å²) in [4.78, 5) is 9.57. The third kappa shape index (κ3) is 3.98. The van der Waals surface area contributed by atoms with Crippen LogP contribution in [0.15, 0.2) is 24.3 Å². The molecular formula is C16H18Cl3N3S2. The molecule has 1 aliphatic heterocycles. The van der Waals surface area contributed by atoms with Gasteiger partial charge in [-0.25, -0.2) is 4.98 Å². The molecule has 24 heavy (non-hydrogen) atoms. The van der Waals surface area contributed by atoms with E-state index < -0.39 is 0 Å². The Morgan fingerprint density at radius 3 is 2.54 bits per heavy atom. The number of halogens is 3. The largest absolute Gasteiger partial charge is 0.375 e. The lowest BCUT2D eigenvalue weighted by Crippen LogP contribution is -2.25. The zero-order chi connectivity index (χ0) is 15.1. The molecule has 0 fully saturated rings. The van der Waals surface area contributed by atoms with E-state index in [2.05, 4.69) is 22.0 Å². The Bertz CT molecular complexity index is 814. The first-order valence-corrected chi connectivity index (χ1v) is 9.33. The van der Waals surface area contributed by atoms with Crippen LogP contribution in [0, 0.1) is 0 Å². The lowest BCUT2D eigenvalue weighted by Gasteiger charge is -2.19. The van der Waals surface area contributed by atoms with Crippen molar-refractivity contribution in [2.24, 2.45) is 0 Å². The fourth-order valence-corrected chi connectivity index (χ4v) is 5.43. The van der Waals surface area contributed by atoms with Gasteiger partial charge in [0.25, 0.3) is 0 Å². The van der Waals surface area contributed by atoms with E-state index in [1.165, 1.54) is 20.7 Å². The SMILES string of the molecule is Cl.Cl.Nc1nc2sc3c(c2s1)CCN(Cc1ccc(Cl)cc1)CC3. The number of benzene rings is 1. The third-order valence-corrected chi connectivity index (χ3v) is 6.61. The zero-order valence-electron chi connectivity index (χ0n) is 12.8.